The third-order valence-electron chi connectivity index (χ3n) is 8.53. The van der Waals surface area contributed by atoms with Gasteiger partial charge >= 0.3 is 0 Å². The van der Waals surface area contributed by atoms with Crippen LogP contribution < -0.4 is 0 Å². The van der Waals surface area contributed by atoms with E-state index in [1.54, 1.807) is 19.9 Å². The van der Waals surface area contributed by atoms with Gasteiger partial charge < -0.3 is 24.4 Å². The van der Waals surface area contributed by atoms with E-state index in [1.807, 2.05) is 20.8 Å². The van der Waals surface area contributed by atoms with Crippen LogP contribution in [-0.4, -0.2) is 56.9 Å². The minimum atomic E-state index is -1.92. The van der Waals surface area contributed by atoms with E-state index in [9.17, 15) is 15.0 Å². The van der Waals surface area contributed by atoms with Gasteiger partial charge in [0.15, 0.2) is 17.2 Å². The van der Waals surface area contributed by atoms with E-state index in [4.69, 9.17) is 14.2 Å². The lowest BCUT2D eigenvalue weighted by atomic mass is 9.40. The molecule has 0 aromatic heterocycles. The van der Waals surface area contributed by atoms with E-state index in [1.165, 1.54) is 0 Å². The molecular formula is C23H36O6. The van der Waals surface area contributed by atoms with Gasteiger partial charge in [0.2, 0.25) is 0 Å². The molecule has 2 aliphatic heterocycles. The second kappa shape index (κ2) is 5.71. The molecule has 4 aliphatic rings. The summed E-state index contributed by atoms with van der Waals surface area (Å²) in [4.78, 5) is 13.7. The lowest BCUT2D eigenvalue weighted by molar-refractivity contribution is -0.356. The van der Waals surface area contributed by atoms with E-state index in [-0.39, 0.29) is 23.5 Å². The largest absolute Gasteiger partial charge is 0.392 e. The SMILES string of the molecule is C=C[C@@]1(C)CC(=O)[C@]2(O)[C@@]3(C)[C@@H](O)CCC(C)(C)[C@@H]3[C@@H]3OC(C)(C)O[C@@H]3[C@@]2(C)O1. The predicted octanol–water partition coefficient (Wildman–Crippen LogP) is 2.75. The molecule has 0 aromatic carbocycles. The summed E-state index contributed by atoms with van der Waals surface area (Å²) < 4.78 is 19.3. The molecule has 0 unspecified atom stereocenters. The molecule has 0 radical (unpaired) electrons. The zero-order valence-electron chi connectivity index (χ0n) is 18.7. The molecule has 0 spiro atoms. The normalized spacial score (nSPS) is 55.6. The Bertz CT molecular complexity index is 760. The lowest BCUT2D eigenvalue weighted by Gasteiger charge is -2.70. The van der Waals surface area contributed by atoms with Gasteiger partial charge in [-0.05, 0) is 46.0 Å². The molecule has 4 fully saturated rings. The van der Waals surface area contributed by atoms with E-state index >= 15 is 0 Å². The van der Waals surface area contributed by atoms with Crippen LogP contribution in [0.3, 0.4) is 0 Å². The predicted molar refractivity (Wildman–Crippen MR) is 107 cm³/mol. The van der Waals surface area contributed by atoms with E-state index in [0.717, 1.165) is 6.42 Å². The fourth-order valence-corrected chi connectivity index (χ4v) is 7.22. The Morgan fingerprint density at radius 1 is 1.10 bits per heavy atom. The van der Waals surface area contributed by atoms with Crippen LogP contribution in [0.1, 0.15) is 67.7 Å². The van der Waals surface area contributed by atoms with Gasteiger partial charge in [-0.1, -0.05) is 26.8 Å². The Balaban J connectivity index is 2.01. The van der Waals surface area contributed by atoms with Crippen molar-refractivity contribution < 1.29 is 29.2 Å². The first-order valence-electron chi connectivity index (χ1n) is 10.7. The number of hydrogen-bond acceptors (Lipinski definition) is 6. The number of ketones is 1. The molecule has 8 atom stereocenters. The second-order valence-corrected chi connectivity index (χ2v) is 11.4. The van der Waals surface area contributed by atoms with Gasteiger partial charge in [0.25, 0.3) is 0 Å². The molecule has 0 amide bonds. The maximum Gasteiger partial charge on any atom is 0.171 e. The average molecular weight is 409 g/mol. The maximum absolute atomic E-state index is 13.7. The van der Waals surface area contributed by atoms with Crippen LogP contribution in [0.25, 0.3) is 0 Å². The third-order valence-corrected chi connectivity index (χ3v) is 8.53. The Morgan fingerprint density at radius 2 is 1.72 bits per heavy atom. The Labute approximate surface area is 173 Å². The molecule has 4 rings (SSSR count). The first kappa shape index (κ1) is 21.4. The number of ether oxygens (including phenoxy) is 3. The quantitative estimate of drug-likeness (QED) is 0.649. The van der Waals surface area contributed by atoms with Gasteiger partial charge in [0.1, 0.15) is 11.7 Å². The molecule has 164 valence electrons. The van der Waals surface area contributed by atoms with Crippen LogP contribution in [0, 0.1) is 16.7 Å². The Hall–Kier alpha value is -0.790. The van der Waals surface area contributed by atoms with Crippen LogP contribution in [0.2, 0.25) is 0 Å². The molecule has 0 aromatic rings. The van der Waals surface area contributed by atoms with Gasteiger partial charge in [-0.25, -0.2) is 0 Å². The summed E-state index contributed by atoms with van der Waals surface area (Å²) in [5.74, 6) is -1.51. The fraction of sp³-hybridized carbons (Fsp3) is 0.870. The molecule has 2 saturated carbocycles. The van der Waals surface area contributed by atoms with Crippen molar-refractivity contribution in [1.29, 1.82) is 0 Å². The van der Waals surface area contributed by atoms with E-state index < -0.39 is 46.3 Å². The highest BCUT2D eigenvalue weighted by Gasteiger charge is 2.82. The monoisotopic (exact) mass is 408 g/mol. The summed E-state index contributed by atoms with van der Waals surface area (Å²) in [6, 6.07) is 0. The van der Waals surface area contributed by atoms with Crippen LogP contribution in [0.5, 0.6) is 0 Å². The first-order chi connectivity index (χ1) is 13.1. The highest BCUT2D eigenvalue weighted by molar-refractivity contribution is 5.92. The molecule has 2 N–H and O–H groups in total. The zero-order valence-corrected chi connectivity index (χ0v) is 18.7. The van der Waals surface area contributed by atoms with Crippen LogP contribution in [0.4, 0.5) is 0 Å². The van der Waals surface area contributed by atoms with Crippen molar-refractivity contribution >= 4 is 5.78 Å². The minimum absolute atomic E-state index is 0.000312. The number of carbonyl (C=O) groups is 1. The molecule has 2 aliphatic carbocycles. The van der Waals surface area contributed by atoms with Crippen LogP contribution >= 0.6 is 0 Å². The van der Waals surface area contributed by atoms with E-state index in [2.05, 4.69) is 20.4 Å². The fourth-order valence-electron chi connectivity index (χ4n) is 7.22. The van der Waals surface area contributed by atoms with Gasteiger partial charge in [-0.3, -0.25) is 4.79 Å². The first-order valence-corrected chi connectivity index (χ1v) is 10.7. The van der Waals surface area contributed by atoms with Crippen molar-refractivity contribution in [2.24, 2.45) is 16.7 Å². The Morgan fingerprint density at radius 3 is 2.31 bits per heavy atom. The molecule has 2 heterocycles. The molecule has 29 heavy (non-hydrogen) atoms. The zero-order chi connectivity index (χ0) is 21.8. The smallest absolute Gasteiger partial charge is 0.171 e. The standard InChI is InChI=1S/C23H36O6/c1-9-20(6)12-14(25)23(26)21(7)13(24)10-11-18(2,3)16(21)15-17(22(23,8)29-20)28-19(4,5)27-15/h9,13,15-17,24,26H,1,10-12H2,2-8H3/t13-,15-,16-,17-,20-,21-,22+,23-/m0/s1. The highest BCUT2D eigenvalue weighted by Crippen LogP contribution is 2.69. The topological polar surface area (TPSA) is 85.2 Å². The van der Waals surface area contributed by atoms with Crippen molar-refractivity contribution in [2.75, 3.05) is 0 Å². The summed E-state index contributed by atoms with van der Waals surface area (Å²) in [5.41, 5.74) is -5.67. The number of carbonyl (C=O) groups excluding carboxylic acids is 1. The third kappa shape index (κ3) is 2.38. The number of fused-ring (bicyclic) bond motifs is 6. The van der Waals surface area contributed by atoms with Crippen molar-refractivity contribution in [3.05, 3.63) is 12.7 Å². The summed E-state index contributed by atoms with van der Waals surface area (Å²) >= 11 is 0. The van der Waals surface area contributed by atoms with Crippen molar-refractivity contribution in [1.82, 2.24) is 0 Å². The van der Waals surface area contributed by atoms with Crippen LogP contribution in [0.15, 0.2) is 12.7 Å². The van der Waals surface area contributed by atoms with Crippen molar-refractivity contribution in [3.63, 3.8) is 0 Å². The van der Waals surface area contributed by atoms with Crippen molar-refractivity contribution in [2.45, 2.75) is 109 Å². The van der Waals surface area contributed by atoms with Crippen LogP contribution in [-0.2, 0) is 19.0 Å². The van der Waals surface area contributed by atoms with Gasteiger partial charge in [0.05, 0.1) is 17.8 Å². The number of hydrogen-bond donors (Lipinski definition) is 2. The number of aliphatic hydroxyl groups excluding tert-OH is 1. The van der Waals surface area contributed by atoms with Gasteiger partial charge in [0, 0.05) is 17.8 Å². The van der Waals surface area contributed by atoms with E-state index in [0.29, 0.717) is 6.42 Å². The number of aliphatic hydroxyl groups is 2. The Kier molecular flexibility index (Phi) is 4.22. The molecule has 6 nitrogen and oxygen atoms in total. The number of Topliss-reactive ketones (excluding diaryl/α,β-unsaturated/α-hetero) is 1. The van der Waals surface area contributed by atoms with Crippen molar-refractivity contribution in [3.8, 4) is 0 Å². The lowest BCUT2D eigenvalue weighted by Crippen LogP contribution is -2.86. The second-order valence-electron chi connectivity index (χ2n) is 11.4. The molecule has 6 heteroatoms. The summed E-state index contributed by atoms with van der Waals surface area (Å²) in [6.45, 7) is 17.2. The molecule has 2 saturated heterocycles. The van der Waals surface area contributed by atoms with Gasteiger partial charge in [-0.2, -0.15) is 0 Å². The minimum Gasteiger partial charge on any atom is -0.392 e. The summed E-state index contributed by atoms with van der Waals surface area (Å²) in [5, 5.41) is 23.6. The summed E-state index contributed by atoms with van der Waals surface area (Å²) in [6.07, 6.45) is 0.943. The molecular weight excluding hydrogens is 372 g/mol. The molecule has 0 bridgehead atoms. The maximum atomic E-state index is 13.7. The highest BCUT2D eigenvalue weighted by atomic mass is 16.8. The average Bonchev–Trinajstić information content (AvgIpc) is 2.91. The number of rotatable bonds is 1. The summed E-state index contributed by atoms with van der Waals surface area (Å²) in [7, 11) is 0. The van der Waals surface area contributed by atoms with Gasteiger partial charge in [-0.15, -0.1) is 6.58 Å².